The van der Waals surface area contributed by atoms with E-state index in [9.17, 15) is 0 Å². The van der Waals surface area contributed by atoms with Crippen LogP contribution in [0.25, 0.3) is 0 Å². The molecule has 1 atom stereocenters. The van der Waals surface area contributed by atoms with E-state index in [0.29, 0.717) is 10.4 Å². The molecule has 2 nitrogen and oxygen atoms in total. The van der Waals surface area contributed by atoms with Crippen LogP contribution in [0.15, 0.2) is 11.8 Å². The van der Waals surface area contributed by atoms with E-state index in [1.54, 1.807) is 0 Å². The van der Waals surface area contributed by atoms with Gasteiger partial charge in [0.15, 0.2) is 4.32 Å². The predicted octanol–water partition coefficient (Wildman–Crippen LogP) is 2.34. The van der Waals surface area contributed by atoms with Crippen LogP contribution in [-0.4, -0.2) is 19.4 Å². The molecule has 1 rings (SSSR count). The third-order valence-electron chi connectivity index (χ3n) is 1.52. The Labute approximate surface area is 85.9 Å². The number of nitrogens with zero attached hydrogens (tertiary/aromatic N) is 2. The van der Waals surface area contributed by atoms with E-state index in [2.05, 4.69) is 41.8 Å². The average molecular weight is 253 g/mol. The first kappa shape index (κ1) is 9.51. The first-order valence-corrected chi connectivity index (χ1v) is 4.77. The van der Waals surface area contributed by atoms with E-state index in [-0.39, 0.29) is 0 Å². The van der Waals surface area contributed by atoms with Gasteiger partial charge in [-0.3, -0.25) is 5.01 Å². The second kappa shape index (κ2) is 3.43. The summed E-state index contributed by atoms with van der Waals surface area (Å²) in [6, 6.07) is 0.333. The summed E-state index contributed by atoms with van der Waals surface area (Å²) in [5.41, 5.74) is 1.11. The normalized spacial score (nSPS) is 25.6. The van der Waals surface area contributed by atoms with Gasteiger partial charge in [-0.1, -0.05) is 12.2 Å². The molecule has 0 fully saturated rings. The lowest BCUT2D eigenvalue weighted by Crippen LogP contribution is -2.34. The van der Waals surface area contributed by atoms with Crippen LogP contribution in [0.5, 0.6) is 0 Å². The Hall–Kier alpha value is 0.420. The molecule has 0 saturated carbocycles. The molecule has 0 spiro atoms. The van der Waals surface area contributed by atoms with Crippen LogP contribution in [-0.2, 0) is 0 Å². The number of rotatable bonds is 0. The molecule has 0 aromatic heterocycles. The zero-order chi connectivity index (χ0) is 8.59. The van der Waals surface area contributed by atoms with Crippen molar-refractivity contribution in [2.24, 2.45) is 0 Å². The fourth-order valence-corrected chi connectivity index (χ4v) is 2.29. The summed E-state index contributed by atoms with van der Waals surface area (Å²) in [4.78, 5) is 0. The minimum atomic E-state index is 0.333. The Kier molecular flexibility index (Phi) is 2.96. The molecule has 0 aromatic carbocycles. The number of halogens is 1. The Morgan fingerprint density at radius 3 is 2.55 bits per heavy atom. The minimum absolute atomic E-state index is 0.333. The number of thiocarbonyl (C=S) groups is 1. The zero-order valence-electron chi connectivity index (χ0n) is 6.28. The molecule has 0 aliphatic carbocycles. The van der Waals surface area contributed by atoms with Crippen molar-refractivity contribution < 1.29 is 0 Å². The number of hydrogen-bond donors (Lipinski definition) is 1. The summed E-state index contributed by atoms with van der Waals surface area (Å²) in [6.07, 6.45) is 2.11. The summed E-state index contributed by atoms with van der Waals surface area (Å²) < 4.78 is 2.43. The Bertz CT molecular complexity index is 217. The van der Waals surface area contributed by atoms with Gasteiger partial charge in [0.2, 0.25) is 0 Å². The van der Waals surface area contributed by atoms with Gasteiger partial charge in [0.1, 0.15) is 0 Å². The van der Waals surface area contributed by atoms with Gasteiger partial charge in [0.25, 0.3) is 0 Å². The van der Waals surface area contributed by atoms with Crippen molar-refractivity contribution in [3.05, 3.63) is 11.8 Å². The van der Waals surface area contributed by atoms with Gasteiger partial charge in [0, 0.05) is 21.8 Å². The second-order valence-corrected chi connectivity index (χ2v) is 4.27. The molecule has 0 radical (unpaired) electrons. The third kappa shape index (κ3) is 1.77. The second-order valence-electron chi connectivity index (χ2n) is 2.43. The van der Waals surface area contributed by atoms with E-state index in [4.69, 9.17) is 12.2 Å². The number of thiol groups is 1. The Morgan fingerprint density at radius 1 is 1.82 bits per heavy atom. The molecule has 0 saturated heterocycles. The van der Waals surface area contributed by atoms with Crippen molar-refractivity contribution in [3.63, 3.8) is 0 Å². The topological polar surface area (TPSA) is 6.48 Å². The number of hydrazine groups is 1. The van der Waals surface area contributed by atoms with Crippen molar-refractivity contribution in [2.75, 3.05) is 0 Å². The summed E-state index contributed by atoms with van der Waals surface area (Å²) >= 11 is 12.4. The van der Waals surface area contributed by atoms with Crippen molar-refractivity contribution in [1.29, 1.82) is 0 Å². The lowest BCUT2D eigenvalue weighted by atomic mass is 10.3. The van der Waals surface area contributed by atoms with Gasteiger partial charge in [0.05, 0.1) is 6.04 Å². The first-order valence-electron chi connectivity index (χ1n) is 3.20. The SMILES string of the molecule is CC1=CC(C)N(Br)N1C(=S)S. The first-order chi connectivity index (χ1) is 5.04. The third-order valence-corrected chi connectivity index (χ3v) is 2.85. The fraction of sp³-hybridized carbons (Fsp3) is 0.500. The van der Waals surface area contributed by atoms with Gasteiger partial charge in [-0.2, -0.15) is 0 Å². The maximum Gasteiger partial charge on any atom is 0.152 e. The monoisotopic (exact) mass is 252 g/mol. The minimum Gasteiger partial charge on any atom is -0.252 e. The highest BCUT2D eigenvalue weighted by Crippen LogP contribution is 2.26. The van der Waals surface area contributed by atoms with E-state index in [1.165, 1.54) is 0 Å². The summed E-state index contributed by atoms with van der Waals surface area (Å²) in [6.45, 7) is 4.07. The van der Waals surface area contributed by atoms with Crippen LogP contribution in [0.3, 0.4) is 0 Å². The van der Waals surface area contributed by atoms with Crippen molar-refractivity contribution in [3.8, 4) is 0 Å². The molecule has 1 aliphatic rings. The van der Waals surface area contributed by atoms with Crippen LogP contribution >= 0.6 is 41.0 Å². The smallest absolute Gasteiger partial charge is 0.152 e. The molecule has 62 valence electrons. The van der Waals surface area contributed by atoms with E-state index in [0.717, 1.165) is 5.70 Å². The van der Waals surface area contributed by atoms with Crippen molar-refractivity contribution in [1.82, 2.24) is 9.04 Å². The fourth-order valence-electron chi connectivity index (χ4n) is 1.05. The number of allylic oxidation sites excluding steroid dienone is 1. The summed E-state index contributed by atoms with van der Waals surface area (Å²) in [5.74, 6) is 0. The highest BCUT2D eigenvalue weighted by molar-refractivity contribution is 9.07. The number of hydrogen-bond acceptors (Lipinski definition) is 2. The molecule has 0 aromatic rings. The maximum atomic E-state index is 4.94. The van der Waals surface area contributed by atoms with Crippen molar-refractivity contribution >= 4 is 45.3 Å². The summed E-state index contributed by atoms with van der Waals surface area (Å²) in [5, 5.41) is 1.84. The molecule has 1 heterocycles. The lowest BCUT2D eigenvalue weighted by Gasteiger charge is -2.26. The highest BCUT2D eigenvalue weighted by Gasteiger charge is 2.26. The van der Waals surface area contributed by atoms with Crippen LogP contribution in [0.2, 0.25) is 0 Å². The van der Waals surface area contributed by atoms with Crippen molar-refractivity contribution in [2.45, 2.75) is 19.9 Å². The predicted molar refractivity (Wildman–Crippen MR) is 57.4 cm³/mol. The van der Waals surface area contributed by atoms with Crippen LogP contribution < -0.4 is 0 Å². The molecule has 1 aliphatic heterocycles. The molecule has 5 heteroatoms. The van der Waals surface area contributed by atoms with Crippen LogP contribution in [0, 0.1) is 0 Å². The molecular formula is C6H9BrN2S2. The zero-order valence-corrected chi connectivity index (χ0v) is 9.58. The Balaban J connectivity index is 2.83. The van der Waals surface area contributed by atoms with Gasteiger partial charge in [-0.15, -0.1) is 16.7 Å². The standard InChI is InChI=1S/C6H9BrN2S2/c1-4-3-5(2)9(7)8(4)6(10)11/h3,5H,1-2H3,(H,10,11). The summed E-state index contributed by atoms with van der Waals surface area (Å²) in [7, 11) is 0. The molecule has 1 unspecified atom stereocenters. The molecule has 0 N–H and O–H groups in total. The largest absolute Gasteiger partial charge is 0.252 e. The van der Waals surface area contributed by atoms with E-state index < -0.39 is 0 Å². The average Bonchev–Trinajstić information content (AvgIpc) is 2.07. The quantitative estimate of drug-likeness (QED) is 0.402. The highest BCUT2D eigenvalue weighted by atomic mass is 79.9. The van der Waals surface area contributed by atoms with E-state index >= 15 is 0 Å². The van der Waals surface area contributed by atoms with E-state index in [1.807, 2.05) is 16.0 Å². The van der Waals surface area contributed by atoms with Gasteiger partial charge in [-0.05, 0) is 19.9 Å². The maximum absolute atomic E-state index is 4.94. The lowest BCUT2D eigenvalue weighted by molar-refractivity contribution is 0.240. The van der Waals surface area contributed by atoms with Crippen LogP contribution in [0.4, 0.5) is 0 Å². The Morgan fingerprint density at radius 2 is 2.36 bits per heavy atom. The van der Waals surface area contributed by atoms with Gasteiger partial charge >= 0.3 is 0 Å². The molecule has 0 bridgehead atoms. The molecule has 11 heavy (non-hydrogen) atoms. The van der Waals surface area contributed by atoms with Gasteiger partial charge < -0.3 is 0 Å². The molecular weight excluding hydrogens is 244 g/mol. The van der Waals surface area contributed by atoms with Crippen LogP contribution in [0.1, 0.15) is 13.8 Å². The van der Waals surface area contributed by atoms with Gasteiger partial charge in [-0.25, -0.2) is 0 Å². The molecule has 0 amide bonds.